The first-order valence-electron chi connectivity index (χ1n) is 21.7. The minimum Gasteiger partial charge on any atom is -0.481 e. The highest BCUT2D eigenvalue weighted by molar-refractivity contribution is 7.98. The molecule has 310 valence electrons. The highest BCUT2D eigenvalue weighted by Crippen LogP contribution is 2.76. The van der Waals surface area contributed by atoms with E-state index in [4.69, 9.17) is 4.74 Å². The summed E-state index contributed by atoms with van der Waals surface area (Å²) < 4.78 is 30.9. The van der Waals surface area contributed by atoms with E-state index in [2.05, 4.69) is 64.9 Å². The van der Waals surface area contributed by atoms with Crippen LogP contribution in [-0.4, -0.2) is 91.2 Å². The van der Waals surface area contributed by atoms with E-state index in [-0.39, 0.29) is 45.7 Å². The second-order valence-electron chi connectivity index (χ2n) is 21.5. The van der Waals surface area contributed by atoms with Crippen molar-refractivity contribution in [1.82, 2.24) is 10.2 Å². The standard InChI is InChI=1S/C44H76N2O6S2/c1-29(2)31-13-19-44(45-28-30(16-24-53-10)46-22-25-54(50,51)26-23-46)21-20-42(8)32(37(31)44)11-12-34-41(7)17-15-35(52-36(47)27-39(3,4)38(48)49)40(5,6)33(41)14-18-43(34,42)9/h29-35,37,45H,11-28H2,1-10H3,(H,48,49)/t30-,31+,32-,33+,34-,35+,37-,41+,42-,43-,44+/m1/s1. The predicted octanol–water partition coefficient (Wildman–Crippen LogP) is 8.33. The summed E-state index contributed by atoms with van der Waals surface area (Å²) in [6.07, 6.45) is 14.9. The van der Waals surface area contributed by atoms with E-state index in [0.29, 0.717) is 66.1 Å². The van der Waals surface area contributed by atoms with E-state index in [1.807, 2.05) is 11.8 Å². The second kappa shape index (κ2) is 15.1. The predicted molar refractivity (Wildman–Crippen MR) is 220 cm³/mol. The van der Waals surface area contributed by atoms with Crippen LogP contribution >= 0.6 is 11.8 Å². The van der Waals surface area contributed by atoms with Crippen LogP contribution in [-0.2, 0) is 24.2 Å². The number of esters is 1. The molecule has 5 saturated carbocycles. The van der Waals surface area contributed by atoms with Crippen molar-refractivity contribution in [3.8, 4) is 0 Å². The zero-order valence-electron chi connectivity index (χ0n) is 35.6. The number of hydrogen-bond donors (Lipinski definition) is 2. The smallest absolute Gasteiger partial charge is 0.309 e. The van der Waals surface area contributed by atoms with Crippen LogP contribution in [0.15, 0.2) is 0 Å². The number of fused-ring (bicyclic) bond motifs is 7. The van der Waals surface area contributed by atoms with Gasteiger partial charge in [0.2, 0.25) is 0 Å². The van der Waals surface area contributed by atoms with Crippen LogP contribution < -0.4 is 5.32 Å². The Hall–Kier alpha value is -0.840. The SMILES string of the molecule is CSCC[C@H](CN[C@]12CC[C@@H](C(C)C)[C@@H]1[C@H]1CC[C@@H]3[C@@]4(C)CC[C@H](OC(=O)CC(C)(C)C(=O)O)C(C)(C)[C@@H]4CC[C@@]3(C)[C@]1(C)CC2)N1CCS(=O)(=O)CC1. The summed E-state index contributed by atoms with van der Waals surface area (Å²) in [4.78, 5) is 27.4. The third-order valence-electron chi connectivity index (χ3n) is 18.0. The number of carbonyl (C=O) groups excluding carboxylic acids is 1. The van der Waals surface area contributed by atoms with Crippen LogP contribution in [0.3, 0.4) is 0 Å². The summed E-state index contributed by atoms with van der Waals surface area (Å²) in [5.74, 6) is 4.12. The van der Waals surface area contributed by atoms with Gasteiger partial charge in [0.15, 0.2) is 9.84 Å². The number of sulfone groups is 1. The Morgan fingerprint density at radius 1 is 0.907 bits per heavy atom. The third-order valence-corrected chi connectivity index (χ3v) is 20.2. The van der Waals surface area contributed by atoms with Crippen LogP contribution in [0.5, 0.6) is 0 Å². The fourth-order valence-corrected chi connectivity index (χ4v) is 16.3. The molecule has 0 amide bonds. The lowest BCUT2D eigenvalue weighted by Crippen LogP contribution is -2.69. The largest absolute Gasteiger partial charge is 0.481 e. The number of thioether (sulfide) groups is 1. The number of carbonyl (C=O) groups is 2. The summed E-state index contributed by atoms with van der Waals surface area (Å²) in [5, 5.41) is 14.0. The lowest BCUT2D eigenvalue weighted by atomic mass is 9.32. The van der Waals surface area contributed by atoms with Gasteiger partial charge in [0.1, 0.15) is 6.10 Å². The highest BCUT2D eigenvalue weighted by atomic mass is 32.2. The third kappa shape index (κ3) is 7.26. The number of nitrogens with zero attached hydrogens (tertiary/aromatic N) is 1. The molecule has 6 rings (SSSR count). The molecule has 11 atom stereocenters. The second-order valence-corrected chi connectivity index (χ2v) is 24.8. The molecule has 8 nitrogen and oxygen atoms in total. The molecule has 0 aromatic carbocycles. The lowest BCUT2D eigenvalue weighted by molar-refractivity contribution is -0.247. The average Bonchev–Trinajstić information content (AvgIpc) is 3.47. The number of nitrogens with one attached hydrogen (secondary N) is 1. The molecule has 6 fully saturated rings. The Kier molecular flexibility index (Phi) is 11.9. The number of rotatable bonds is 12. The lowest BCUT2D eigenvalue weighted by Gasteiger charge is -2.73. The molecule has 10 heteroatoms. The van der Waals surface area contributed by atoms with E-state index < -0.39 is 21.2 Å². The molecule has 54 heavy (non-hydrogen) atoms. The molecule has 0 aromatic heterocycles. The van der Waals surface area contributed by atoms with Crippen LogP contribution in [0.4, 0.5) is 0 Å². The van der Waals surface area contributed by atoms with Crippen LogP contribution in [0, 0.1) is 62.6 Å². The maximum absolute atomic E-state index is 13.1. The van der Waals surface area contributed by atoms with Crippen molar-refractivity contribution < 1.29 is 27.9 Å². The van der Waals surface area contributed by atoms with Crippen LogP contribution in [0.1, 0.15) is 139 Å². The molecule has 0 spiro atoms. The summed E-state index contributed by atoms with van der Waals surface area (Å²) in [7, 11) is -2.91. The monoisotopic (exact) mass is 793 g/mol. The van der Waals surface area contributed by atoms with Gasteiger partial charge in [0.25, 0.3) is 0 Å². The van der Waals surface area contributed by atoms with E-state index in [0.717, 1.165) is 38.0 Å². The first kappa shape index (κ1) is 42.8. The van der Waals surface area contributed by atoms with Gasteiger partial charge in [0, 0.05) is 36.6 Å². The summed E-state index contributed by atoms with van der Waals surface area (Å²) >= 11 is 1.90. The Labute approximate surface area is 333 Å². The van der Waals surface area contributed by atoms with E-state index in [9.17, 15) is 23.1 Å². The van der Waals surface area contributed by atoms with Crippen molar-refractivity contribution in [1.29, 1.82) is 0 Å². The van der Waals surface area contributed by atoms with Gasteiger partial charge in [-0.3, -0.25) is 14.5 Å². The fraction of sp³-hybridized carbons (Fsp3) is 0.955. The van der Waals surface area contributed by atoms with E-state index in [1.54, 1.807) is 13.8 Å². The van der Waals surface area contributed by atoms with Gasteiger partial charge in [-0.15, -0.1) is 0 Å². The quantitative estimate of drug-likeness (QED) is 0.189. The van der Waals surface area contributed by atoms with Gasteiger partial charge in [-0.1, -0.05) is 48.5 Å². The number of aliphatic carboxylic acids is 1. The minimum atomic E-state index is -2.91. The zero-order valence-corrected chi connectivity index (χ0v) is 37.2. The molecule has 0 radical (unpaired) electrons. The molecule has 0 unspecified atom stereocenters. The Morgan fingerprint density at radius 3 is 2.22 bits per heavy atom. The summed E-state index contributed by atoms with van der Waals surface area (Å²) in [6.45, 7) is 23.1. The molecular formula is C44H76N2O6S2. The number of carboxylic acids is 1. The first-order valence-corrected chi connectivity index (χ1v) is 24.9. The van der Waals surface area contributed by atoms with E-state index in [1.165, 1.54) is 44.9 Å². The van der Waals surface area contributed by atoms with Crippen molar-refractivity contribution in [3.63, 3.8) is 0 Å². The normalized spacial score (nSPS) is 42.3. The zero-order chi connectivity index (χ0) is 39.7. The fourth-order valence-electron chi connectivity index (χ4n) is 14.6. The van der Waals surface area contributed by atoms with Crippen molar-refractivity contribution in [2.75, 3.05) is 43.1 Å². The summed E-state index contributed by atoms with van der Waals surface area (Å²) in [5.41, 5.74) is -0.502. The number of carboxylic acid groups (broad SMARTS) is 1. The van der Waals surface area contributed by atoms with Gasteiger partial charge in [0.05, 0.1) is 23.3 Å². The van der Waals surface area contributed by atoms with Gasteiger partial charge in [-0.25, -0.2) is 8.42 Å². The van der Waals surface area contributed by atoms with Crippen molar-refractivity contribution in [3.05, 3.63) is 0 Å². The number of ether oxygens (including phenoxy) is 1. The Bertz CT molecular complexity index is 1500. The first-order chi connectivity index (χ1) is 25.1. The topological polar surface area (TPSA) is 113 Å². The Balaban J connectivity index is 1.22. The van der Waals surface area contributed by atoms with Crippen molar-refractivity contribution in [2.45, 2.75) is 157 Å². The molecule has 0 aromatic rings. The number of hydrogen-bond acceptors (Lipinski definition) is 8. The van der Waals surface area contributed by atoms with E-state index >= 15 is 0 Å². The molecular weight excluding hydrogens is 717 g/mol. The summed E-state index contributed by atoms with van der Waals surface area (Å²) in [6, 6.07) is 0.374. The molecule has 1 heterocycles. The van der Waals surface area contributed by atoms with Gasteiger partial charge >= 0.3 is 11.9 Å². The van der Waals surface area contributed by atoms with Crippen molar-refractivity contribution >= 4 is 33.5 Å². The maximum Gasteiger partial charge on any atom is 0.309 e. The molecule has 6 aliphatic rings. The molecule has 2 N–H and O–H groups in total. The minimum absolute atomic E-state index is 0.104. The average molecular weight is 793 g/mol. The maximum atomic E-state index is 13.1. The van der Waals surface area contributed by atoms with Gasteiger partial charge in [-0.2, -0.15) is 11.8 Å². The molecule has 0 bridgehead atoms. The Morgan fingerprint density at radius 2 is 1.59 bits per heavy atom. The van der Waals surface area contributed by atoms with Gasteiger partial charge in [-0.05, 0) is 148 Å². The van der Waals surface area contributed by atoms with Crippen LogP contribution in [0.2, 0.25) is 0 Å². The molecule has 1 saturated heterocycles. The van der Waals surface area contributed by atoms with Crippen LogP contribution in [0.25, 0.3) is 0 Å². The van der Waals surface area contributed by atoms with Crippen molar-refractivity contribution in [2.24, 2.45) is 62.6 Å². The van der Waals surface area contributed by atoms with Gasteiger partial charge < -0.3 is 15.2 Å². The molecule has 5 aliphatic carbocycles. The molecule has 1 aliphatic heterocycles. The highest BCUT2D eigenvalue weighted by Gasteiger charge is 2.71.